The fraction of sp³-hybridized carbons (Fsp3) is 0.0938. The first-order chi connectivity index (χ1) is 35.7. The third-order valence-electron chi connectivity index (χ3n) is 9.28. The summed E-state index contributed by atoms with van der Waals surface area (Å²) in [5.41, 5.74) is 13.8. The summed E-state index contributed by atoms with van der Waals surface area (Å²) >= 11 is 5.63. The number of nitrogen functional groups attached to an aromatic ring is 1. The molecule has 0 aliphatic carbocycles. The van der Waals surface area contributed by atoms with Gasteiger partial charge in [0, 0.05) is 29.8 Å². The summed E-state index contributed by atoms with van der Waals surface area (Å²) in [5.74, 6) is 1.14. The Morgan fingerprint density at radius 2 is 0.813 bits per heavy atom. The summed E-state index contributed by atoms with van der Waals surface area (Å²) < 4.78 is 15.5. The summed E-state index contributed by atoms with van der Waals surface area (Å²) in [6, 6.07) is 50.7. The molecule has 0 amide bonds. The zero-order valence-corrected chi connectivity index (χ0v) is 44.1. The summed E-state index contributed by atoms with van der Waals surface area (Å²) in [6.07, 6.45) is 12.3. The van der Waals surface area contributed by atoms with Gasteiger partial charge in [0.25, 0.3) is 5.69 Å². The maximum absolute atomic E-state index is 10.5. The molecule has 0 aromatic heterocycles. The first-order valence-corrected chi connectivity index (χ1v) is 23.4. The lowest BCUT2D eigenvalue weighted by Crippen LogP contribution is -2.22. The molecule has 7 rings (SSSR count). The highest BCUT2D eigenvalue weighted by molar-refractivity contribution is 6.30. The number of rotatable bonds is 12. The van der Waals surface area contributed by atoms with Crippen molar-refractivity contribution in [1.82, 2.24) is 0 Å². The number of nitro benzene ring substituents is 1. The van der Waals surface area contributed by atoms with Gasteiger partial charge in [-0.25, -0.2) is 4.79 Å². The monoisotopic (exact) mass is 1030 g/mol. The molecule has 0 saturated heterocycles. The van der Waals surface area contributed by atoms with Crippen molar-refractivity contribution < 1.29 is 33.8 Å². The number of benzene rings is 7. The molecule has 0 aliphatic rings. The van der Waals surface area contributed by atoms with Crippen molar-refractivity contribution in [1.29, 1.82) is 0 Å². The normalized spacial score (nSPS) is 9.36. The van der Waals surface area contributed by atoms with Crippen molar-refractivity contribution in [3.63, 3.8) is 0 Å². The molecule has 0 radical (unpaired) electrons. The van der Waals surface area contributed by atoms with Gasteiger partial charge in [-0.15, -0.1) is 0 Å². The molecule has 0 heterocycles. The van der Waals surface area contributed by atoms with E-state index in [1.54, 1.807) is 92.1 Å². The number of nitro groups is 1. The van der Waals surface area contributed by atoms with Gasteiger partial charge in [-0.2, -0.15) is 0 Å². The fourth-order valence-corrected chi connectivity index (χ4v) is 5.45. The second-order valence-corrected chi connectivity index (χ2v) is 16.6. The quantitative estimate of drug-likeness (QED) is 0.0401. The van der Waals surface area contributed by atoms with Crippen LogP contribution in [0.25, 0.3) is 42.5 Å². The molecular formula is C64H67ClN2O8. The molecule has 0 spiro atoms. The van der Waals surface area contributed by atoms with Crippen LogP contribution in [0.5, 0.6) is 17.2 Å². The first kappa shape index (κ1) is 63.8. The first-order valence-electron chi connectivity index (χ1n) is 23.0. The molecule has 0 unspecified atom stereocenters. The van der Waals surface area contributed by atoms with Gasteiger partial charge < -0.3 is 25.1 Å². The Hall–Kier alpha value is -9.25. The summed E-state index contributed by atoms with van der Waals surface area (Å²) in [6.45, 7) is 32.8. The van der Waals surface area contributed by atoms with Crippen molar-refractivity contribution in [3.8, 4) is 17.2 Å². The van der Waals surface area contributed by atoms with Crippen molar-refractivity contribution in [2.24, 2.45) is 0 Å². The Morgan fingerprint density at radius 1 is 0.520 bits per heavy atom. The van der Waals surface area contributed by atoms with Crippen LogP contribution >= 0.6 is 11.6 Å². The molecule has 0 fully saturated rings. The lowest BCUT2D eigenvalue weighted by molar-refractivity contribution is -0.384. The number of esters is 1. The number of carbonyl (C=O) groups excluding carboxylic acids is 1. The maximum Gasteiger partial charge on any atom is 0.335 e. The Morgan fingerprint density at radius 3 is 1.11 bits per heavy atom. The van der Waals surface area contributed by atoms with Crippen LogP contribution in [0.15, 0.2) is 216 Å². The van der Waals surface area contributed by atoms with Gasteiger partial charge in [-0.05, 0) is 145 Å². The smallest absolute Gasteiger partial charge is 0.335 e. The van der Waals surface area contributed by atoms with Crippen molar-refractivity contribution in [2.75, 3.05) is 12.8 Å². The highest BCUT2D eigenvalue weighted by Crippen LogP contribution is 2.19. The predicted molar refractivity (Wildman–Crippen MR) is 317 cm³/mol. The molecule has 0 saturated carbocycles. The Bertz CT molecular complexity index is 2740. The van der Waals surface area contributed by atoms with Gasteiger partial charge in [-0.1, -0.05) is 173 Å². The Kier molecular flexibility index (Phi) is 30.4. The number of hydrogen-bond donors (Lipinski definition) is 2. The predicted octanol–water partition coefficient (Wildman–Crippen LogP) is 17.3. The minimum atomic E-state index is -0.902. The third-order valence-corrected chi connectivity index (χ3v) is 9.53. The van der Waals surface area contributed by atoms with Crippen LogP contribution in [0.1, 0.15) is 77.0 Å². The average molecular weight is 1030 g/mol. The standard InChI is InChI=1S/C12H16O.C10H10O2.C9H8O2.C9H10O.C8H7Cl.C8H7NO2.C8H9N/c1-5-10-6-8-11(9-7-10)13-12(2,3)4;1-3-9-4-6-10(7-5-9)12-8(2)11;1-2-7-3-5-8(6-4-7)9(10)11;1-3-8-4-6-9(10-2)7-5-8;1-2-7-3-5-8(9)6-4-7;1-2-7-3-5-8(6-4-7)9(10)11;1-2-7-3-5-8(9)6-4-7/h5-9H,1H2,2-4H3;3-7H,1H2,2H3;2-6H,1H2,(H,10,11);3-7H,1H2,2H3;2-6H,1H2;2-6H,1H2;2-6H,1,9H2. The van der Waals surface area contributed by atoms with Gasteiger partial charge in [0.05, 0.1) is 17.6 Å². The van der Waals surface area contributed by atoms with Gasteiger partial charge >= 0.3 is 11.9 Å². The number of carboxylic acids is 1. The molecule has 7 aromatic carbocycles. The lowest BCUT2D eigenvalue weighted by atomic mass is 10.1. The van der Waals surface area contributed by atoms with E-state index in [-0.39, 0.29) is 17.3 Å². The molecule has 0 bridgehead atoms. The van der Waals surface area contributed by atoms with Gasteiger partial charge in [0.15, 0.2) is 0 Å². The lowest BCUT2D eigenvalue weighted by Gasteiger charge is -2.21. The van der Waals surface area contributed by atoms with E-state index < -0.39 is 10.9 Å². The molecule has 0 aliphatic heterocycles. The zero-order chi connectivity index (χ0) is 56.2. The summed E-state index contributed by atoms with van der Waals surface area (Å²) in [7, 11) is 1.66. The SMILES string of the molecule is C=Cc1ccc(C(=O)O)cc1.C=Cc1ccc(Cl)cc1.C=Cc1ccc(N)cc1.C=Cc1ccc(OC(C)(C)C)cc1.C=Cc1ccc(OC(C)=O)cc1.C=Cc1ccc(OC)cc1.C=Cc1ccc([N+](=O)[O-])cc1. The molecular weight excluding hydrogens is 960 g/mol. The number of methoxy groups -OCH3 is 1. The second kappa shape index (κ2) is 35.8. The molecule has 3 N–H and O–H groups in total. The summed E-state index contributed by atoms with van der Waals surface area (Å²) in [5, 5.41) is 19.5. The van der Waals surface area contributed by atoms with Crippen LogP contribution in [-0.4, -0.2) is 34.7 Å². The van der Waals surface area contributed by atoms with Crippen LogP contribution in [0.4, 0.5) is 11.4 Å². The zero-order valence-electron chi connectivity index (χ0n) is 43.4. The highest BCUT2D eigenvalue weighted by atomic mass is 35.5. The van der Waals surface area contributed by atoms with Crippen LogP contribution in [0.2, 0.25) is 5.02 Å². The molecule has 10 nitrogen and oxygen atoms in total. The number of non-ortho nitro benzene ring substituents is 1. The second-order valence-electron chi connectivity index (χ2n) is 16.1. The number of halogens is 1. The number of aromatic carboxylic acids is 1. The van der Waals surface area contributed by atoms with E-state index in [2.05, 4.69) is 46.1 Å². The minimum Gasteiger partial charge on any atom is -0.497 e. The van der Waals surface area contributed by atoms with Crippen LogP contribution < -0.4 is 19.9 Å². The molecule has 7 aromatic rings. The maximum atomic E-state index is 10.5. The van der Waals surface area contributed by atoms with E-state index in [9.17, 15) is 19.7 Å². The van der Waals surface area contributed by atoms with Gasteiger partial charge in [-0.3, -0.25) is 14.9 Å². The van der Waals surface area contributed by atoms with Gasteiger partial charge in [0.2, 0.25) is 0 Å². The Balaban J connectivity index is 0.000000439. The molecule has 75 heavy (non-hydrogen) atoms. The van der Waals surface area contributed by atoms with E-state index in [0.29, 0.717) is 11.3 Å². The number of carbonyl (C=O) groups is 2. The van der Waals surface area contributed by atoms with Crippen LogP contribution in [-0.2, 0) is 4.79 Å². The minimum absolute atomic E-state index is 0.107. The summed E-state index contributed by atoms with van der Waals surface area (Å²) in [4.78, 5) is 30.7. The molecule has 0 atom stereocenters. The van der Waals surface area contributed by atoms with Crippen LogP contribution in [0.3, 0.4) is 0 Å². The average Bonchev–Trinajstić information content (AvgIpc) is 3.42. The number of nitrogens with two attached hydrogens (primary N) is 1. The fourth-order valence-electron chi connectivity index (χ4n) is 5.33. The van der Waals surface area contributed by atoms with Gasteiger partial charge in [0.1, 0.15) is 22.8 Å². The molecule has 11 heteroatoms. The van der Waals surface area contributed by atoms with Crippen molar-refractivity contribution >= 4 is 77.4 Å². The molecule has 388 valence electrons. The van der Waals surface area contributed by atoms with E-state index in [1.807, 2.05) is 136 Å². The van der Waals surface area contributed by atoms with Crippen LogP contribution in [0, 0.1) is 10.1 Å². The number of nitrogens with zero attached hydrogens (tertiary/aromatic N) is 1. The highest BCUT2D eigenvalue weighted by Gasteiger charge is 2.11. The number of anilines is 1. The van der Waals surface area contributed by atoms with E-state index in [0.717, 1.165) is 61.2 Å². The third kappa shape index (κ3) is 29.0. The van der Waals surface area contributed by atoms with E-state index >= 15 is 0 Å². The largest absolute Gasteiger partial charge is 0.497 e. The van der Waals surface area contributed by atoms with Crippen molar-refractivity contribution in [2.45, 2.75) is 33.3 Å². The number of carboxylic acid groups (broad SMARTS) is 1. The number of hydrogen-bond acceptors (Lipinski definition) is 8. The Labute approximate surface area is 448 Å². The van der Waals surface area contributed by atoms with E-state index in [4.69, 9.17) is 36.7 Å². The van der Waals surface area contributed by atoms with E-state index in [1.165, 1.54) is 19.1 Å². The van der Waals surface area contributed by atoms with Crippen molar-refractivity contribution in [3.05, 3.63) is 276 Å². The topological polar surface area (TPSA) is 151 Å². The number of ether oxygens (including phenoxy) is 3.